The third-order valence-corrected chi connectivity index (χ3v) is 3.21. The first-order valence-electron chi connectivity index (χ1n) is 6.74. The number of nitrogens with one attached hydrogen (secondary N) is 1. The molecule has 0 aromatic heterocycles. The molecule has 0 bridgehead atoms. The molecule has 0 aliphatic carbocycles. The zero-order valence-corrected chi connectivity index (χ0v) is 13.9. The Labute approximate surface area is 140 Å². The normalized spacial score (nSPS) is 9.64. The molecule has 0 radical (unpaired) electrons. The average Bonchev–Trinajstić information content (AvgIpc) is 2.45. The number of anilines is 2. The lowest BCUT2D eigenvalue weighted by atomic mass is 10.1. The van der Waals surface area contributed by atoms with Gasteiger partial charge < -0.3 is 15.7 Å². The van der Waals surface area contributed by atoms with Crippen LogP contribution in [0.25, 0.3) is 0 Å². The van der Waals surface area contributed by atoms with E-state index in [0.29, 0.717) is 27.0 Å². The van der Waals surface area contributed by atoms with E-state index < -0.39 is 5.97 Å². The summed E-state index contributed by atoms with van der Waals surface area (Å²) in [7, 11) is 4.00. The first kappa shape index (κ1) is 18.3. The Kier molecular flexibility index (Phi) is 7.74. The standard InChI is InChI=1S/C14H11Cl2NO2.C2H7N/c15-10-5-3-6-11(16)14(10)17-12-7-2-1-4-9(12)8-13(18)19;1-3-2/h1-7,17H,8H2,(H,18,19);3H,1-2H3/p+1. The van der Waals surface area contributed by atoms with Crippen molar-refractivity contribution in [3.8, 4) is 0 Å². The molecule has 2 rings (SSSR count). The Morgan fingerprint density at radius 1 is 1.09 bits per heavy atom. The van der Waals surface area contributed by atoms with Crippen LogP contribution in [0.5, 0.6) is 0 Å². The Bertz CT molecular complexity index is 613. The number of rotatable bonds is 4. The first-order valence-corrected chi connectivity index (χ1v) is 7.49. The molecule has 2 aromatic rings. The summed E-state index contributed by atoms with van der Waals surface area (Å²) in [6.07, 6.45) is -0.0642. The van der Waals surface area contributed by atoms with Gasteiger partial charge in [0, 0.05) is 5.69 Å². The molecule has 0 heterocycles. The number of carbonyl (C=O) groups is 1. The van der Waals surface area contributed by atoms with Gasteiger partial charge in [0.1, 0.15) is 0 Å². The lowest BCUT2D eigenvalue weighted by Gasteiger charge is -2.13. The van der Waals surface area contributed by atoms with Crippen LogP contribution < -0.4 is 10.6 Å². The van der Waals surface area contributed by atoms with Crippen molar-refractivity contribution in [1.29, 1.82) is 0 Å². The summed E-state index contributed by atoms with van der Waals surface area (Å²) in [5.41, 5.74) is 1.93. The number of hydrogen-bond donors (Lipinski definition) is 3. The van der Waals surface area contributed by atoms with E-state index in [0.717, 1.165) is 0 Å². The van der Waals surface area contributed by atoms with Crippen LogP contribution in [-0.2, 0) is 11.2 Å². The van der Waals surface area contributed by atoms with Crippen LogP contribution in [0.15, 0.2) is 42.5 Å². The zero-order chi connectivity index (χ0) is 16.5. The molecule has 4 nitrogen and oxygen atoms in total. The fraction of sp³-hybridized carbons (Fsp3) is 0.188. The fourth-order valence-electron chi connectivity index (χ4n) is 1.71. The fourth-order valence-corrected chi connectivity index (χ4v) is 2.20. The van der Waals surface area contributed by atoms with Gasteiger partial charge in [-0.2, -0.15) is 0 Å². The number of nitrogens with two attached hydrogens (primary N) is 1. The molecule has 0 spiro atoms. The minimum Gasteiger partial charge on any atom is -0.481 e. The third kappa shape index (κ3) is 5.56. The molecule has 6 heteroatoms. The van der Waals surface area contributed by atoms with Gasteiger partial charge in [0.25, 0.3) is 0 Å². The van der Waals surface area contributed by atoms with E-state index in [1.807, 2.05) is 25.5 Å². The van der Waals surface area contributed by atoms with Gasteiger partial charge >= 0.3 is 5.97 Å². The third-order valence-electron chi connectivity index (χ3n) is 2.58. The predicted molar refractivity (Wildman–Crippen MR) is 91.3 cm³/mol. The van der Waals surface area contributed by atoms with E-state index in [-0.39, 0.29) is 6.42 Å². The summed E-state index contributed by atoms with van der Waals surface area (Å²) in [5, 5.41) is 14.9. The highest BCUT2D eigenvalue weighted by Crippen LogP contribution is 2.33. The Balaban J connectivity index is 0.000000745. The van der Waals surface area contributed by atoms with Gasteiger partial charge in [-0.05, 0) is 23.8 Å². The highest BCUT2D eigenvalue weighted by molar-refractivity contribution is 6.39. The van der Waals surface area contributed by atoms with Crippen LogP contribution >= 0.6 is 23.2 Å². The topological polar surface area (TPSA) is 65.9 Å². The van der Waals surface area contributed by atoms with Crippen molar-refractivity contribution in [1.82, 2.24) is 0 Å². The van der Waals surface area contributed by atoms with E-state index >= 15 is 0 Å². The van der Waals surface area contributed by atoms with Crippen molar-refractivity contribution >= 4 is 40.5 Å². The minimum absolute atomic E-state index is 0.0642. The predicted octanol–water partition coefficient (Wildman–Crippen LogP) is 3.17. The van der Waals surface area contributed by atoms with Crippen LogP contribution in [0.1, 0.15) is 5.56 Å². The van der Waals surface area contributed by atoms with Crippen molar-refractivity contribution in [2.24, 2.45) is 0 Å². The highest BCUT2D eigenvalue weighted by atomic mass is 35.5. The summed E-state index contributed by atoms with van der Waals surface area (Å²) in [6.45, 7) is 0. The second-order valence-electron chi connectivity index (χ2n) is 4.53. The lowest BCUT2D eigenvalue weighted by Crippen LogP contribution is -2.74. The summed E-state index contributed by atoms with van der Waals surface area (Å²) in [4.78, 5) is 10.8. The van der Waals surface area contributed by atoms with Gasteiger partial charge in [-0.15, -0.1) is 0 Å². The smallest absolute Gasteiger partial charge is 0.307 e. The van der Waals surface area contributed by atoms with E-state index in [4.69, 9.17) is 28.3 Å². The second-order valence-corrected chi connectivity index (χ2v) is 5.34. The zero-order valence-electron chi connectivity index (χ0n) is 12.4. The molecule has 0 aliphatic rings. The summed E-state index contributed by atoms with van der Waals surface area (Å²) in [5.74, 6) is -0.889. The number of halogens is 2. The molecular weight excluding hydrogens is 323 g/mol. The van der Waals surface area contributed by atoms with E-state index in [1.165, 1.54) is 0 Å². The molecule has 4 N–H and O–H groups in total. The van der Waals surface area contributed by atoms with Crippen LogP contribution in [0.4, 0.5) is 11.4 Å². The first-order chi connectivity index (χ1) is 10.5. The summed E-state index contributed by atoms with van der Waals surface area (Å²) < 4.78 is 0. The Hall–Kier alpha value is -1.75. The Morgan fingerprint density at radius 2 is 1.64 bits per heavy atom. The van der Waals surface area contributed by atoms with Crippen molar-refractivity contribution in [3.63, 3.8) is 0 Å². The molecule has 118 valence electrons. The van der Waals surface area contributed by atoms with Crippen LogP contribution in [0.2, 0.25) is 10.0 Å². The number of aliphatic carboxylic acids is 1. The molecule has 0 saturated carbocycles. The molecule has 0 unspecified atom stereocenters. The van der Waals surface area contributed by atoms with Crippen molar-refractivity contribution < 1.29 is 15.2 Å². The number of para-hydroxylation sites is 2. The van der Waals surface area contributed by atoms with E-state index in [9.17, 15) is 4.79 Å². The lowest BCUT2D eigenvalue weighted by molar-refractivity contribution is -0.597. The van der Waals surface area contributed by atoms with Crippen molar-refractivity contribution in [2.45, 2.75) is 6.42 Å². The van der Waals surface area contributed by atoms with E-state index in [2.05, 4.69) is 5.32 Å². The number of quaternary nitrogens is 1. The quantitative estimate of drug-likeness (QED) is 0.800. The summed E-state index contributed by atoms with van der Waals surface area (Å²) >= 11 is 12.1. The SMILES string of the molecule is C[NH2+]C.O=C(O)Cc1ccccc1Nc1c(Cl)cccc1Cl. The monoisotopic (exact) mass is 341 g/mol. The van der Waals surface area contributed by atoms with Gasteiger partial charge in [-0.1, -0.05) is 47.5 Å². The minimum atomic E-state index is -0.889. The van der Waals surface area contributed by atoms with Gasteiger partial charge in [-0.25, -0.2) is 0 Å². The Morgan fingerprint density at radius 3 is 2.18 bits per heavy atom. The molecule has 0 aliphatic heterocycles. The molecule has 22 heavy (non-hydrogen) atoms. The van der Waals surface area contributed by atoms with Gasteiger partial charge in [-0.3, -0.25) is 4.79 Å². The van der Waals surface area contributed by atoms with Crippen molar-refractivity contribution in [3.05, 3.63) is 58.1 Å². The van der Waals surface area contributed by atoms with Gasteiger partial charge in [0.2, 0.25) is 0 Å². The molecule has 0 fully saturated rings. The largest absolute Gasteiger partial charge is 0.481 e. The number of hydrogen-bond acceptors (Lipinski definition) is 2. The average molecular weight is 342 g/mol. The maximum Gasteiger partial charge on any atom is 0.307 e. The van der Waals surface area contributed by atoms with E-state index in [1.54, 1.807) is 36.4 Å². The van der Waals surface area contributed by atoms with Gasteiger partial charge in [0.05, 0.1) is 36.2 Å². The molecular formula is C16H19Cl2N2O2+. The van der Waals surface area contributed by atoms with Crippen LogP contribution in [-0.4, -0.2) is 25.2 Å². The maximum atomic E-state index is 10.8. The van der Waals surface area contributed by atoms with Gasteiger partial charge in [0.15, 0.2) is 0 Å². The molecule has 0 saturated heterocycles. The molecule has 0 atom stereocenters. The maximum absolute atomic E-state index is 10.8. The second kappa shape index (κ2) is 9.30. The number of carboxylic acid groups (broad SMARTS) is 1. The summed E-state index contributed by atoms with van der Waals surface area (Å²) in [6, 6.07) is 12.3. The number of carboxylic acids is 1. The molecule has 0 amide bonds. The number of benzene rings is 2. The van der Waals surface area contributed by atoms with Crippen LogP contribution in [0.3, 0.4) is 0 Å². The van der Waals surface area contributed by atoms with Crippen LogP contribution in [0, 0.1) is 0 Å². The van der Waals surface area contributed by atoms with Crippen molar-refractivity contribution in [2.75, 3.05) is 19.4 Å². The molecule has 2 aromatic carbocycles. The highest BCUT2D eigenvalue weighted by Gasteiger charge is 2.10.